The maximum atomic E-state index is 10.8. The summed E-state index contributed by atoms with van der Waals surface area (Å²) in [6.45, 7) is 8.22. The largest absolute Gasteiger partial charge is 0.503 e. The first-order valence-corrected chi connectivity index (χ1v) is 5.61. The summed E-state index contributed by atoms with van der Waals surface area (Å²) in [5.74, 6) is -2.06. The van der Waals surface area contributed by atoms with E-state index in [1.54, 1.807) is 12.2 Å². The fourth-order valence-corrected chi connectivity index (χ4v) is 1.18. The van der Waals surface area contributed by atoms with Gasteiger partial charge in [0.25, 0.3) is 0 Å². The summed E-state index contributed by atoms with van der Waals surface area (Å²) in [5, 5.41) is 31.4. The predicted molar refractivity (Wildman–Crippen MR) is 76.3 cm³/mol. The van der Waals surface area contributed by atoms with Gasteiger partial charge in [0.05, 0.1) is 5.41 Å². The van der Waals surface area contributed by atoms with Gasteiger partial charge in [-0.3, -0.25) is 4.79 Å². The van der Waals surface area contributed by atoms with Crippen LogP contribution in [0, 0.1) is 5.41 Å². The Balaban J connectivity index is 0. The van der Waals surface area contributed by atoms with E-state index in [1.807, 2.05) is 0 Å². The molecular formula is C14H18O7. The van der Waals surface area contributed by atoms with Crippen molar-refractivity contribution in [2.24, 2.45) is 5.41 Å². The molecule has 1 rings (SSSR count). The Bertz CT molecular complexity index is 464. The minimum absolute atomic E-state index is 0.0359. The molecule has 1 unspecified atom stereocenters. The van der Waals surface area contributed by atoms with Crippen LogP contribution in [0.3, 0.4) is 0 Å². The first-order chi connectivity index (χ1) is 9.60. The summed E-state index contributed by atoms with van der Waals surface area (Å²) >= 11 is 0. The molecule has 0 radical (unpaired) electrons. The summed E-state index contributed by atoms with van der Waals surface area (Å²) < 4.78 is 0. The van der Waals surface area contributed by atoms with Crippen LogP contribution >= 0.6 is 0 Å². The molecule has 7 nitrogen and oxygen atoms in total. The Morgan fingerprint density at radius 2 is 1.57 bits per heavy atom. The fourth-order valence-electron chi connectivity index (χ4n) is 1.18. The minimum atomic E-state index is -1.83. The second-order valence-corrected chi connectivity index (χ2v) is 4.01. The molecule has 1 atom stereocenters. The first kappa shape index (κ1) is 20.5. The fraction of sp³-hybridized carbons (Fsp3) is 0.214. The summed E-state index contributed by atoms with van der Waals surface area (Å²) in [4.78, 5) is 29.9. The van der Waals surface area contributed by atoms with Gasteiger partial charge < -0.3 is 20.4 Å². The summed E-state index contributed by atoms with van der Waals surface area (Å²) in [6, 6.07) is 0. The van der Waals surface area contributed by atoms with Gasteiger partial charge in [-0.15, -0.1) is 0 Å². The van der Waals surface area contributed by atoms with Crippen molar-refractivity contribution in [3.8, 4) is 0 Å². The van der Waals surface area contributed by atoms with E-state index in [9.17, 15) is 9.59 Å². The highest BCUT2D eigenvalue weighted by molar-refractivity contribution is 5.90. The average molecular weight is 298 g/mol. The number of carbonyl (C=O) groups is 3. The molecule has 0 saturated carbocycles. The van der Waals surface area contributed by atoms with Crippen LogP contribution in [0.15, 0.2) is 49.1 Å². The van der Waals surface area contributed by atoms with Crippen molar-refractivity contribution in [2.45, 2.75) is 13.3 Å². The van der Waals surface area contributed by atoms with Gasteiger partial charge in [-0.1, -0.05) is 43.5 Å². The zero-order valence-corrected chi connectivity index (χ0v) is 11.5. The molecule has 7 heteroatoms. The molecule has 4 N–H and O–H groups in total. The molecule has 0 saturated heterocycles. The van der Waals surface area contributed by atoms with Crippen molar-refractivity contribution in [3.63, 3.8) is 0 Å². The van der Waals surface area contributed by atoms with Crippen LogP contribution in [0.5, 0.6) is 0 Å². The zero-order valence-electron chi connectivity index (χ0n) is 11.5. The van der Waals surface area contributed by atoms with Crippen LogP contribution in [0.25, 0.3) is 0 Å². The van der Waals surface area contributed by atoms with Crippen LogP contribution in [0.4, 0.5) is 4.79 Å². The Labute approximate surface area is 121 Å². The molecule has 0 fully saturated rings. The first-order valence-electron chi connectivity index (χ1n) is 5.61. The lowest BCUT2D eigenvalue weighted by atomic mass is 9.80. The summed E-state index contributed by atoms with van der Waals surface area (Å²) in [6.07, 6.45) is 5.88. The molecule has 0 aromatic carbocycles. The molecule has 0 aromatic heterocycles. The molecular weight excluding hydrogens is 280 g/mol. The number of hydrogen-bond acceptors (Lipinski definition) is 3. The number of allylic oxidation sites excluding steroid dienone is 4. The summed E-state index contributed by atoms with van der Waals surface area (Å²) in [7, 11) is 0. The highest BCUT2D eigenvalue weighted by Gasteiger charge is 2.34. The van der Waals surface area contributed by atoms with Crippen molar-refractivity contribution in [1.82, 2.24) is 0 Å². The normalized spacial score (nSPS) is 18.6. The Kier molecular flexibility index (Phi) is 9.77. The number of aliphatic carboxylic acids is 2. The predicted octanol–water partition coefficient (Wildman–Crippen LogP) is 2.63. The van der Waals surface area contributed by atoms with Gasteiger partial charge in [0, 0.05) is 5.57 Å². The van der Waals surface area contributed by atoms with Crippen molar-refractivity contribution in [1.29, 1.82) is 0 Å². The third-order valence-electron chi connectivity index (χ3n) is 2.25. The van der Waals surface area contributed by atoms with Crippen LogP contribution in [-0.4, -0.2) is 38.5 Å². The second-order valence-electron chi connectivity index (χ2n) is 4.01. The number of hydrogen-bond donors (Lipinski definition) is 4. The maximum absolute atomic E-state index is 10.8. The highest BCUT2D eigenvalue weighted by atomic mass is 16.6. The van der Waals surface area contributed by atoms with Gasteiger partial charge in [0.1, 0.15) is 0 Å². The molecule has 0 bridgehead atoms. The molecule has 1 aliphatic carbocycles. The van der Waals surface area contributed by atoms with E-state index in [0.29, 0.717) is 0 Å². The third kappa shape index (κ3) is 9.71. The number of rotatable bonds is 3. The van der Waals surface area contributed by atoms with E-state index in [1.165, 1.54) is 25.2 Å². The van der Waals surface area contributed by atoms with Gasteiger partial charge >= 0.3 is 18.1 Å². The molecule has 0 spiro atoms. The highest BCUT2D eigenvalue weighted by Crippen LogP contribution is 2.31. The lowest BCUT2D eigenvalue weighted by molar-refractivity contribution is -0.145. The van der Waals surface area contributed by atoms with Crippen LogP contribution < -0.4 is 0 Å². The Morgan fingerprint density at radius 3 is 1.86 bits per heavy atom. The smallest absolute Gasteiger partial charge is 0.481 e. The van der Waals surface area contributed by atoms with Gasteiger partial charge in [-0.25, -0.2) is 9.59 Å². The standard InChI is InChI=1S/C9H10O4.C4H6.CH2O3/c1-9(8(12)13)4-2-3-6(5-9)7(10)11;1-3-4-2;2-1(3)4/h2-4H,5H2,1H3,(H,10,11)(H,12,13);3-4H,1-2H2;(H2,2,3,4). The van der Waals surface area contributed by atoms with Crippen molar-refractivity contribution < 1.29 is 34.8 Å². The average Bonchev–Trinajstić information content (AvgIpc) is 2.38. The Hall–Kier alpha value is -2.83. The molecule has 0 aliphatic heterocycles. The quantitative estimate of drug-likeness (QED) is 0.589. The topological polar surface area (TPSA) is 132 Å². The van der Waals surface area contributed by atoms with E-state index in [4.69, 9.17) is 25.2 Å². The lowest BCUT2D eigenvalue weighted by Gasteiger charge is -2.23. The lowest BCUT2D eigenvalue weighted by Crippen LogP contribution is -2.28. The molecule has 1 aliphatic rings. The van der Waals surface area contributed by atoms with Crippen molar-refractivity contribution in [2.75, 3.05) is 0 Å². The van der Waals surface area contributed by atoms with Crippen LogP contribution in [0.1, 0.15) is 13.3 Å². The number of carboxylic acids is 2. The molecule has 116 valence electrons. The SMILES string of the molecule is C=CC=C.CC1(C(=O)O)C=CC=C(C(=O)O)C1.O=C(O)O. The molecule has 21 heavy (non-hydrogen) atoms. The van der Waals surface area contributed by atoms with Gasteiger partial charge in [0.2, 0.25) is 0 Å². The summed E-state index contributed by atoms with van der Waals surface area (Å²) in [5.41, 5.74) is -0.949. The van der Waals surface area contributed by atoms with E-state index >= 15 is 0 Å². The van der Waals surface area contributed by atoms with E-state index in [-0.39, 0.29) is 12.0 Å². The molecule has 0 amide bonds. The van der Waals surface area contributed by atoms with Gasteiger partial charge in [0.15, 0.2) is 0 Å². The van der Waals surface area contributed by atoms with Crippen LogP contribution in [-0.2, 0) is 9.59 Å². The zero-order chi connectivity index (χ0) is 17.1. The molecule has 0 heterocycles. The number of carboxylic acid groups (broad SMARTS) is 4. The van der Waals surface area contributed by atoms with E-state index in [2.05, 4.69) is 13.2 Å². The van der Waals surface area contributed by atoms with Crippen molar-refractivity contribution in [3.05, 3.63) is 49.1 Å². The third-order valence-corrected chi connectivity index (χ3v) is 2.25. The maximum Gasteiger partial charge on any atom is 0.503 e. The monoisotopic (exact) mass is 298 g/mol. The van der Waals surface area contributed by atoms with Gasteiger partial charge in [-0.2, -0.15) is 0 Å². The van der Waals surface area contributed by atoms with Crippen molar-refractivity contribution >= 4 is 18.1 Å². The Morgan fingerprint density at radius 1 is 1.14 bits per heavy atom. The van der Waals surface area contributed by atoms with E-state index < -0.39 is 23.5 Å². The second kappa shape index (κ2) is 10.0. The van der Waals surface area contributed by atoms with Gasteiger partial charge in [-0.05, 0) is 13.3 Å². The van der Waals surface area contributed by atoms with Crippen LogP contribution in [0.2, 0.25) is 0 Å². The van der Waals surface area contributed by atoms with E-state index in [0.717, 1.165) is 0 Å². The minimum Gasteiger partial charge on any atom is -0.481 e. The molecule has 0 aromatic rings.